The predicted molar refractivity (Wildman–Crippen MR) is 106 cm³/mol. The van der Waals surface area contributed by atoms with Crippen molar-refractivity contribution in [2.24, 2.45) is 0 Å². The average molecular weight is 383 g/mol. The first-order chi connectivity index (χ1) is 12.9. The minimum Gasteiger partial charge on any atom is -0.389 e. The van der Waals surface area contributed by atoms with Gasteiger partial charge in [0.25, 0.3) is 5.56 Å². The second-order valence-corrected chi connectivity index (χ2v) is 7.28. The van der Waals surface area contributed by atoms with Gasteiger partial charge < -0.3 is 9.67 Å². The van der Waals surface area contributed by atoms with E-state index in [-0.39, 0.29) is 12.1 Å². The zero-order valence-electron chi connectivity index (χ0n) is 15.1. The van der Waals surface area contributed by atoms with Crippen molar-refractivity contribution in [2.45, 2.75) is 33.0 Å². The summed E-state index contributed by atoms with van der Waals surface area (Å²) in [4.78, 5) is 21.3. The number of aryl methyl sites for hydroxylation is 2. The van der Waals surface area contributed by atoms with Gasteiger partial charge in [0, 0.05) is 5.02 Å². The fraction of sp³-hybridized carbons (Fsp3) is 0.250. The average Bonchev–Trinajstić information content (AvgIpc) is 3.00. The van der Waals surface area contributed by atoms with Crippen molar-refractivity contribution in [1.82, 2.24) is 19.1 Å². The van der Waals surface area contributed by atoms with Gasteiger partial charge in [-0.25, -0.2) is 9.97 Å². The highest BCUT2D eigenvalue weighted by molar-refractivity contribution is 6.31. The number of imidazole rings is 1. The molecular formula is C20H19ClN4O2. The van der Waals surface area contributed by atoms with E-state index in [0.717, 1.165) is 11.0 Å². The zero-order chi connectivity index (χ0) is 19.1. The summed E-state index contributed by atoms with van der Waals surface area (Å²) in [6.45, 7) is 4.57. The van der Waals surface area contributed by atoms with Crippen molar-refractivity contribution < 1.29 is 5.11 Å². The maximum Gasteiger partial charge on any atom is 0.261 e. The maximum absolute atomic E-state index is 12.6. The predicted octanol–water partition coefficient (Wildman–Crippen LogP) is 3.08. The number of aliphatic hydroxyl groups excluding tert-OH is 1. The lowest BCUT2D eigenvalue weighted by Gasteiger charge is -2.14. The molecule has 0 aliphatic carbocycles. The Hall–Kier alpha value is -2.70. The summed E-state index contributed by atoms with van der Waals surface area (Å²) in [6, 6.07) is 9.11. The molecule has 6 nitrogen and oxygen atoms in total. The van der Waals surface area contributed by atoms with Gasteiger partial charge in [-0.15, -0.1) is 0 Å². The fourth-order valence-electron chi connectivity index (χ4n) is 3.23. The van der Waals surface area contributed by atoms with Crippen LogP contribution in [0.1, 0.15) is 11.1 Å². The van der Waals surface area contributed by atoms with Crippen LogP contribution in [0.3, 0.4) is 0 Å². The first kappa shape index (κ1) is 17.7. The molecule has 0 aliphatic rings. The monoisotopic (exact) mass is 382 g/mol. The van der Waals surface area contributed by atoms with Gasteiger partial charge in [-0.05, 0) is 55.3 Å². The minimum atomic E-state index is -0.764. The number of aliphatic hydroxyl groups is 1. The second-order valence-electron chi connectivity index (χ2n) is 6.84. The molecule has 0 radical (unpaired) electrons. The van der Waals surface area contributed by atoms with Crippen molar-refractivity contribution in [3.63, 3.8) is 0 Å². The molecule has 4 rings (SSSR count). The molecule has 1 unspecified atom stereocenters. The third-order valence-electron chi connectivity index (χ3n) is 4.84. The highest BCUT2D eigenvalue weighted by Gasteiger charge is 2.13. The zero-order valence-corrected chi connectivity index (χ0v) is 15.8. The van der Waals surface area contributed by atoms with Gasteiger partial charge in [0.2, 0.25) is 0 Å². The molecule has 0 saturated heterocycles. The third kappa shape index (κ3) is 3.34. The standard InChI is InChI=1S/C20H19ClN4O2/c1-12-5-18-19(6-13(12)2)24(10-23-18)8-15(26)9-25-11-22-17-4-3-14(21)7-16(17)20(25)27/h3-7,10-11,15,26H,8-9H2,1-2H3. The summed E-state index contributed by atoms with van der Waals surface area (Å²) in [6.07, 6.45) is 2.41. The summed E-state index contributed by atoms with van der Waals surface area (Å²) >= 11 is 5.99. The SMILES string of the molecule is Cc1cc2ncn(CC(O)Cn3cnc4ccc(Cl)cc4c3=O)c2cc1C. The van der Waals surface area contributed by atoms with Crippen molar-refractivity contribution in [3.05, 3.63) is 69.5 Å². The number of hydrogen-bond donors (Lipinski definition) is 1. The molecule has 0 aliphatic heterocycles. The molecule has 0 spiro atoms. The van der Waals surface area contributed by atoms with E-state index in [1.807, 2.05) is 24.5 Å². The Morgan fingerprint density at radius 2 is 1.67 bits per heavy atom. The van der Waals surface area contributed by atoms with E-state index in [9.17, 15) is 9.90 Å². The second kappa shape index (κ2) is 6.79. The molecule has 0 bridgehead atoms. The van der Waals surface area contributed by atoms with E-state index >= 15 is 0 Å². The normalized spacial score (nSPS) is 12.7. The van der Waals surface area contributed by atoms with Crippen LogP contribution in [0.5, 0.6) is 0 Å². The van der Waals surface area contributed by atoms with Crippen molar-refractivity contribution >= 4 is 33.5 Å². The van der Waals surface area contributed by atoms with Gasteiger partial charge in [-0.3, -0.25) is 9.36 Å². The van der Waals surface area contributed by atoms with Crippen LogP contribution < -0.4 is 5.56 Å². The van der Waals surface area contributed by atoms with Crippen molar-refractivity contribution in [3.8, 4) is 0 Å². The third-order valence-corrected chi connectivity index (χ3v) is 5.07. The molecule has 1 N–H and O–H groups in total. The first-order valence-corrected chi connectivity index (χ1v) is 9.05. The van der Waals surface area contributed by atoms with E-state index in [0.29, 0.717) is 22.5 Å². The van der Waals surface area contributed by atoms with Crippen molar-refractivity contribution in [1.29, 1.82) is 0 Å². The number of rotatable bonds is 4. The summed E-state index contributed by atoms with van der Waals surface area (Å²) < 4.78 is 3.32. The van der Waals surface area contributed by atoms with Crippen LogP contribution in [0.25, 0.3) is 21.9 Å². The Balaban J connectivity index is 1.61. The van der Waals surface area contributed by atoms with Crippen LogP contribution in [0.2, 0.25) is 5.02 Å². The Kier molecular flexibility index (Phi) is 4.45. The van der Waals surface area contributed by atoms with E-state index < -0.39 is 6.10 Å². The number of nitrogens with zero attached hydrogens (tertiary/aromatic N) is 4. The lowest BCUT2D eigenvalue weighted by atomic mass is 10.1. The Morgan fingerprint density at radius 1 is 1.00 bits per heavy atom. The Morgan fingerprint density at radius 3 is 2.48 bits per heavy atom. The smallest absolute Gasteiger partial charge is 0.261 e. The lowest BCUT2D eigenvalue weighted by Crippen LogP contribution is -2.29. The minimum absolute atomic E-state index is 0.138. The number of halogens is 1. The highest BCUT2D eigenvalue weighted by atomic mass is 35.5. The fourth-order valence-corrected chi connectivity index (χ4v) is 3.40. The van der Waals surface area contributed by atoms with Gasteiger partial charge >= 0.3 is 0 Å². The van der Waals surface area contributed by atoms with Gasteiger partial charge in [0.05, 0.1) is 53.8 Å². The molecule has 7 heteroatoms. The molecule has 0 amide bonds. The molecule has 138 valence electrons. The van der Waals surface area contributed by atoms with Crippen LogP contribution in [0.15, 0.2) is 47.8 Å². The molecule has 2 heterocycles. The Bertz CT molecular complexity index is 1210. The van der Waals surface area contributed by atoms with Crippen LogP contribution in [-0.2, 0) is 13.1 Å². The van der Waals surface area contributed by atoms with Crippen LogP contribution in [0.4, 0.5) is 0 Å². The van der Waals surface area contributed by atoms with E-state index in [2.05, 4.69) is 16.0 Å². The van der Waals surface area contributed by atoms with Gasteiger partial charge in [0.1, 0.15) is 0 Å². The highest BCUT2D eigenvalue weighted by Crippen LogP contribution is 2.19. The molecule has 2 aromatic heterocycles. The largest absolute Gasteiger partial charge is 0.389 e. The lowest BCUT2D eigenvalue weighted by molar-refractivity contribution is 0.134. The van der Waals surface area contributed by atoms with E-state index in [1.165, 1.54) is 22.0 Å². The quantitative estimate of drug-likeness (QED) is 0.588. The molecule has 27 heavy (non-hydrogen) atoms. The Labute approximate surface area is 160 Å². The summed E-state index contributed by atoms with van der Waals surface area (Å²) in [5.41, 5.74) is 4.58. The van der Waals surface area contributed by atoms with Crippen LogP contribution >= 0.6 is 11.6 Å². The number of hydrogen-bond acceptors (Lipinski definition) is 4. The number of aromatic nitrogens is 4. The molecule has 1 atom stereocenters. The summed E-state index contributed by atoms with van der Waals surface area (Å²) in [5.74, 6) is 0. The number of benzene rings is 2. The van der Waals surface area contributed by atoms with E-state index in [1.54, 1.807) is 24.5 Å². The van der Waals surface area contributed by atoms with Gasteiger partial charge in [-0.2, -0.15) is 0 Å². The molecule has 0 fully saturated rings. The molecular weight excluding hydrogens is 364 g/mol. The molecule has 2 aromatic carbocycles. The molecule has 0 saturated carbocycles. The number of fused-ring (bicyclic) bond motifs is 2. The topological polar surface area (TPSA) is 72.9 Å². The van der Waals surface area contributed by atoms with Crippen molar-refractivity contribution in [2.75, 3.05) is 0 Å². The van der Waals surface area contributed by atoms with Gasteiger partial charge in [0.15, 0.2) is 0 Å². The first-order valence-electron chi connectivity index (χ1n) is 8.67. The van der Waals surface area contributed by atoms with E-state index in [4.69, 9.17) is 11.6 Å². The summed E-state index contributed by atoms with van der Waals surface area (Å²) in [7, 11) is 0. The molecule has 4 aromatic rings. The van der Waals surface area contributed by atoms with Crippen LogP contribution in [0, 0.1) is 13.8 Å². The van der Waals surface area contributed by atoms with Crippen LogP contribution in [-0.4, -0.2) is 30.3 Å². The maximum atomic E-state index is 12.6. The summed E-state index contributed by atoms with van der Waals surface area (Å²) in [5, 5.41) is 11.5. The van der Waals surface area contributed by atoms with Gasteiger partial charge in [-0.1, -0.05) is 11.6 Å².